The Bertz CT molecular complexity index is 215. The molecule has 1 nitrogen and oxygen atoms in total. The second-order valence-electron chi connectivity index (χ2n) is 1.89. The quantitative estimate of drug-likeness (QED) is 0.618. The molecule has 0 radical (unpaired) electrons. The monoisotopic (exact) mass is 292 g/mol. The van der Waals surface area contributed by atoms with Gasteiger partial charge in [0, 0.05) is 5.33 Å². The second kappa shape index (κ2) is 7.37. The Balaban J connectivity index is 0.000000261. The fourth-order valence-corrected chi connectivity index (χ4v) is 0.737. The average molecular weight is 294 g/mol. The van der Waals surface area contributed by atoms with Crippen LogP contribution in [0, 0.1) is 0 Å². The molecular formula is C9H10Br2O. The first-order chi connectivity index (χ1) is 5.72. The Kier molecular flexibility index (Phi) is 7.20. The van der Waals surface area contributed by atoms with Crippen molar-refractivity contribution in [3.05, 3.63) is 41.4 Å². The highest BCUT2D eigenvalue weighted by molar-refractivity contribution is 9.10. The molecule has 0 aliphatic rings. The van der Waals surface area contributed by atoms with Crippen molar-refractivity contribution in [2.45, 2.75) is 0 Å². The van der Waals surface area contributed by atoms with Gasteiger partial charge in [0.1, 0.15) is 5.75 Å². The third-order valence-corrected chi connectivity index (χ3v) is 2.09. The van der Waals surface area contributed by atoms with Crippen molar-refractivity contribution in [1.82, 2.24) is 0 Å². The molecule has 1 N–H and O–H groups in total. The zero-order valence-corrected chi connectivity index (χ0v) is 9.68. The minimum Gasteiger partial charge on any atom is -0.507 e. The predicted octanol–water partition coefficient (Wildman–Crippen LogP) is 3.72. The predicted molar refractivity (Wildman–Crippen MR) is 59.8 cm³/mol. The Morgan fingerprint density at radius 3 is 2.17 bits per heavy atom. The molecule has 0 saturated heterocycles. The van der Waals surface area contributed by atoms with Crippen LogP contribution in [0.3, 0.4) is 0 Å². The summed E-state index contributed by atoms with van der Waals surface area (Å²) in [4.78, 5) is 0. The molecule has 0 unspecified atom stereocenters. The number of aromatic hydroxyl groups is 1. The molecule has 1 rings (SSSR count). The first kappa shape index (κ1) is 11.7. The van der Waals surface area contributed by atoms with Gasteiger partial charge in [-0.05, 0) is 28.1 Å². The van der Waals surface area contributed by atoms with Gasteiger partial charge in [0.15, 0.2) is 0 Å². The van der Waals surface area contributed by atoms with Crippen molar-refractivity contribution >= 4 is 31.9 Å². The topological polar surface area (TPSA) is 20.2 Å². The molecule has 0 fully saturated rings. The van der Waals surface area contributed by atoms with Crippen molar-refractivity contribution in [3.8, 4) is 5.75 Å². The summed E-state index contributed by atoms with van der Waals surface area (Å²) in [5, 5.41) is 9.77. The van der Waals surface area contributed by atoms with E-state index in [4.69, 9.17) is 5.11 Å². The molecule has 3 heteroatoms. The van der Waals surface area contributed by atoms with Gasteiger partial charge in [-0.3, -0.25) is 0 Å². The number of alkyl halides is 1. The molecule has 0 saturated carbocycles. The van der Waals surface area contributed by atoms with Crippen LogP contribution in [0.25, 0.3) is 0 Å². The van der Waals surface area contributed by atoms with E-state index in [2.05, 4.69) is 38.4 Å². The van der Waals surface area contributed by atoms with Crippen molar-refractivity contribution in [1.29, 1.82) is 0 Å². The Labute approximate surface area is 89.4 Å². The lowest BCUT2D eigenvalue weighted by Crippen LogP contribution is -1.63. The van der Waals surface area contributed by atoms with E-state index in [1.807, 2.05) is 6.07 Å². The lowest BCUT2D eigenvalue weighted by molar-refractivity contribution is 0.472. The SMILES string of the molecule is C=CCBr.Oc1ccccc1Br. The van der Waals surface area contributed by atoms with E-state index >= 15 is 0 Å². The molecule has 12 heavy (non-hydrogen) atoms. The van der Waals surface area contributed by atoms with Crippen LogP contribution in [0.5, 0.6) is 5.75 Å². The normalized spacial score (nSPS) is 8.17. The van der Waals surface area contributed by atoms with E-state index in [0.717, 1.165) is 9.80 Å². The summed E-state index contributed by atoms with van der Waals surface area (Å²) in [6.45, 7) is 3.43. The fraction of sp³-hybridized carbons (Fsp3) is 0.111. The molecular weight excluding hydrogens is 284 g/mol. The summed E-state index contributed by atoms with van der Waals surface area (Å²) < 4.78 is 0.736. The third-order valence-electron chi connectivity index (χ3n) is 0.962. The standard InChI is InChI=1S/C6H5BrO.C3H5Br/c7-5-3-1-2-4-6(5)8;1-2-3-4/h1-4,8H;2H,1,3H2. The van der Waals surface area contributed by atoms with Crippen molar-refractivity contribution in [2.24, 2.45) is 0 Å². The van der Waals surface area contributed by atoms with Gasteiger partial charge >= 0.3 is 0 Å². The zero-order chi connectivity index (χ0) is 9.40. The van der Waals surface area contributed by atoms with E-state index in [1.54, 1.807) is 24.3 Å². The van der Waals surface area contributed by atoms with E-state index in [0.29, 0.717) is 0 Å². The molecule has 66 valence electrons. The molecule has 0 atom stereocenters. The number of phenolic OH excluding ortho intramolecular Hbond substituents is 1. The Hall–Kier alpha value is -0.280. The molecule has 0 aliphatic carbocycles. The number of benzene rings is 1. The smallest absolute Gasteiger partial charge is 0.129 e. The maximum Gasteiger partial charge on any atom is 0.129 e. The number of rotatable bonds is 1. The average Bonchev–Trinajstić information content (AvgIpc) is 2.11. The van der Waals surface area contributed by atoms with Gasteiger partial charge in [0.05, 0.1) is 4.47 Å². The number of para-hydroxylation sites is 1. The van der Waals surface area contributed by atoms with Gasteiger partial charge < -0.3 is 5.11 Å². The third kappa shape index (κ3) is 5.38. The first-order valence-corrected chi connectivity index (χ1v) is 5.24. The van der Waals surface area contributed by atoms with Gasteiger partial charge in [-0.25, -0.2) is 0 Å². The fourth-order valence-electron chi connectivity index (χ4n) is 0.452. The summed E-state index contributed by atoms with van der Waals surface area (Å²) in [5.74, 6) is 0.285. The minimum atomic E-state index is 0.285. The van der Waals surface area contributed by atoms with Crippen LogP contribution < -0.4 is 0 Å². The zero-order valence-electron chi connectivity index (χ0n) is 6.50. The number of allylic oxidation sites excluding steroid dienone is 1. The van der Waals surface area contributed by atoms with Crippen LogP contribution in [-0.2, 0) is 0 Å². The van der Waals surface area contributed by atoms with Crippen LogP contribution in [0.15, 0.2) is 41.4 Å². The highest BCUT2D eigenvalue weighted by Crippen LogP contribution is 2.21. The van der Waals surface area contributed by atoms with Crippen LogP contribution >= 0.6 is 31.9 Å². The highest BCUT2D eigenvalue weighted by Gasteiger charge is 1.89. The van der Waals surface area contributed by atoms with Crippen molar-refractivity contribution in [2.75, 3.05) is 5.33 Å². The molecule has 0 amide bonds. The molecule has 1 aromatic rings. The summed E-state index contributed by atoms with van der Waals surface area (Å²) in [6, 6.07) is 7.04. The van der Waals surface area contributed by atoms with Gasteiger partial charge in [0.25, 0.3) is 0 Å². The minimum absolute atomic E-state index is 0.285. The number of halogens is 2. The Morgan fingerprint density at radius 2 is 1.92 bits per heavy atom. The van der Waals surface area contributed by atoms with Crippen LogP contribution in [0.2, 0.25) is 0 Å². The number of phenols is 1. The highest BCUT2D eigenvalue weighted by atomic mass is 79.9. The van der Waals surface area contributed by atoms with Gasteiger partial charge in [-0.15, -0.1) is 6.58 Å². The van der Waals surface area contributed by atoms with Crippen LogP contribution in [0.1, 0.15) is 0 Å². The maximum atomic E-state index is 8.87. The molecule has 0 aromatic heterocycles. The molecule has 0 spiro atoms. The largest absolute Gasteiger partial charge is 0.507 e. The first-order valence-electron chi connectivity index (χ1n) is 3.32. The van der Waals surface area contributed by atoms with Crippen LogP contribution in [0.4, 0.5) is 0 Å². The van der Waals surface area contributed by atoms with E-state index in [9.17, 15) is 0 Å². The molecule has 0 heterocycles. The van der Waals surface area contributed by atoms with Gasteiger partial charge in [0.2, 0.25) is 0 Å². The maximum absolute atomic E-state index is 8.87. The second-order valence-corrected chi connectivity index (χ2v) is 3.40. The van der Waals surface area contributed by atoms with Crippen molar-refractivity contribution < 1.29 is 5.11 Å². The summed E-state index contributed by atoms with van der Waals surface area (Å²) >= 11 is 6.28. The van der Waals surface area contributed by atoms with E-state index < -0.39 is 0 Å². The van der Waals surface area contributed by atoms with Crippen LogP contribution in [-0.4, -0.2) is 10.4 Å². The lowest BCUT2D eigenvalue weighted by atomic mass is 10.3. The van der Waals surface area contributed by atoms with E-state index in [1.165, 1.54) is 0 Å². The summed E-state index contributed by atoms with van der Waals surface area (Å²) in [6.07, 6.45) is 1.79. The van der Waals surface area contributed by atoms with Gasteiger partial charge in [-0.2, -0.15) is 0 Å². The van der Waals surface area contributed by atoms with E-state index in [-0.39, 0.29) is 5.75 Å². The number of hydrogen-bond acceptors (Lipinski definition) is 1. The molecule has 0 aliphatic heterocycles. The molecule has 1 aromatic carbocycles. The number of hydrogen-bond donors (Lipinski definition) is 1. The Morgan fingerprint density at radius 1 is 1.42 bits per heavy atom. The van der Waals surface area contributed by atoms with Crippen molar-refractivity contribution in [3.63, 3.8) is 0 Å². The summed E-state index contributed by atoms with van der Waals surface area (Å²) in [5.41, 5.74) is 0. The lowest BCUT2D eigenvalue weighted by Gasteiger charge is -1.90. The summed E-state index contributed by atoms with van der Waals surface area (Å²) in [7, 11) is 0. The van der Waals surface area contributed by atoms with Gasteiger partial charge in [-0.1, -0.05) is 34.1 Å². The molecule has 0 bridgehead atoms.